The Morgan fingerprint density at radius 3 is 2.69 bits per heavy atom. The zero-order valence-electron chi connectivity index (χ0n) is 13.7. The first-order chi connectivity index (χ1) is 12.5. The van der Waals surface area contributed by atoms with E-state index in [2.05, 4.69) is 4.98 Å². The molecule has 0 atom stereocenters. The molecule has 26 heavy (non-hydrogen) atoms. The predicted octanol–water partition coefficient (Wildman–Crippen LogP) is 4.05. The number of likely N-dealkylation sites (tertiary alicyclic amines) is 1. The van der Waals surface area contributed by atoms with E-state index >= 15 is 0 Å². The van der Waals surface area contributed by atoms with Gasteiger partial charge in [-0.15, -0.1) is 11.3 Å². The number of hydrogen-bond acceptors (Lipinski definition) is 4. The van der Waals surface area contributed by atoms with Crippen molar-refractivity contribution >= 4 is 50.7 Å². The minimum absolute atomic E-state index is 0.0123. The Kier molecular flexibility index (Phi) is 4.73. The Morgan fingerprint density at radius 1 is 1.19 bits per heavy atom. The van der Waals surface area contributed by atoms with Crippen LogP contribution in [0.4, 0.5) is 0 Å². The van der Waals surface area contributed by atoms with Crippen LogP contribution in [0.1, 0.15) is 12.8 Å². The van der Waals surface area contributed by atoms with Crippen molar-refractivity contribution in [2.24, 2.45) is 0 Å². The Hall–Kier alpha value is -1.89. The van der Waals surface area contributed by atoms with Gasteiger partial charge in [0.2, 0.25) is 5.91 Å². The van der Waals surface area contributed by atoms with Gasteiger partial charge in [0.15, 0.2) is 0 Å². The molecule has 1 amide bonds. The number of hydrogen-bond donors (Lipinski definition) is 0. The molecule has 0 spiro atoms. The highest BCUT2D eigenvalue weighted by Gasteiger charge is 2.20. The largest absolute Gasteiger partial charge is 0.341 e. The molecular formula is C18H15Cl2N3O2S. The maximum atomic E-state index is 13.0. The lowest BCUT2D eigenvalue weighted by atomic mass is 10.1. The van der Waals surface area contributed by atoms with Crippen molar-refractivity contribution in [2.45, 2.75) is 19.4 Å². The van der Waals surface area contributed by atoms with E-state index in [0.717, 1.165) is 37.1 Å². The van der Waals surface area contributed by atoms with Crippen molar-refractivity contribution in [1.29, 1.82) is 0 Å². The van der Waals surface area contributed by atoms with Gasteiger partial charge in [-0.3, -0.25) is 14.2 Å². The van der Waals surface area contributed by atoms with Gasteiger partial charge in [0.1, 0.15) is 11.4 Å². The summed E-state index contributed by atoms with van der Waals surface area (Å²) in [5, 5.41) is 3.27. The molecule has 2 aromatic heterocycles. The third kappa shape index (κ3) is 3.13. The molecule has 5 nitrogen and oxygen atoms in total. The minimum Gasteiger partial charge on any atom is -0.341 e. The fourth-order valence-corrected chi connectivity index (χ4v) is 4.37. The van der Waals surface area contributed by atoms with Crippen LogP contribution in [0.3, 0.4) is 0 Å². The molecule has 4 rings (SSSR count). The predicted molar refractivity (Wildman–Crippen MR) is 105 cm³/mol. The number of halogens is 2. The molecule has 0 radical (unpaired) electrons. The van der Waals surface area contributed by atoms with E-state index in [1.54, 1.807) is 17.0 Å². The topological polar surface area (TPSA) is 55.2 Å². The van der Waals surface area contributed by atoms with E-state index in [-0.39, 0.29) is 18.0 Å². The highest BCUT2D eigenvalue weighted by Crippen LogP contribution is 2.34. The molecule has 1 saturated heterocycles. The summed E-state index contributed by atoms with van der Waals surface area (Å²) in [6.45, 7) is 1.53. The molecule has 1 aliphatic rings. The number of benzene rings is 1. The lowest BCUT2D eigenvalue weighted by Gasteiger charge is -2.15. The molecule has 1 aliphatic heterocycles. The van der Waals surface area contributed by atoms with Gasteiger partial charge in [-0.2, -0.15) is 0 Å². The van der Waals surface area contributed by atoms with Crippen LogP contribution in [-0.2, 0) is 11.3 Å². The average molecular weight is 408 g/mol. The van der Waals surface area contributed by atoms with Crippen LogP contribution in [0, 0.1) is 0 Å². The summed E-state index contributed by atoms with van der Waals surface area (Å²) in [6, 6.07) is 5.26. The molecular weight excluding hydrogens is 393 g/mol. The van der Waals surface area contributed by atoms with Crippen LogP contribution < -0.4 is 5.56 Å². The van der Waals surface area contributed by atoms with Crippen molar-refractivity contribution in [2.75, 3.05) is 13.1 Å². The Labute approximate surface area is 163 Å². The Bertz CT molecular complexity index is 1050. The zero-order chi connectivity index (χ0) is 18.3. The van der Waals surface area contributed by atoms with E-state index in [4.69, 9.17) is 23.2 Å². The molecule has 1 fully saturated rings. The van der Waals surface area contributed by atoms with Gasteiger partial charge < -0.3 is 4.90 Å². The fraction of sp³-hybridized carbons (Fsp3) is 0.278. The Balaban J connectivity index is 1.75. The number of thiophene rings is 1. The van der Waals surface area contributed by atoms with Crippen molar-refractivity contribution in [1.82, 2.24) is 14.5 Å². The van der Waals surface area contributed by atoms with E-state index in [1.165, 1.54) is 22.2 Å². The molecule has 0 N–H and O–H groups in total. The second kappa shape index (κ2) is 7.02. The number of nitrogens with zero attached hydrogens (tertiary/aromatic N) is 3. The summed E-state index contributed by atoms with van der Waals surface area (Å²) in [7, 11) is 0. The average Bonchev–Trinajstić information content (AvgIpc) is 3.29. The molecule has 0 saturated carbocycles. The molecule has 0 bridgehead atoms. The van der Waals surface area contributed by atoms with Gasteiger partial charge in [-0.25, -0.2) is 4.98 Å². The van der Waals surface area contributed by atoms with E-state index in [1.807, 2.05) is 11.4 Å². The maximum absolute atomic E-state index is 13.0. The van der Waals surface area contributed by atoms with Crippen molar-refractivity contribution < 1.29 is 4.79 Å². The smallest absolute Gasteiger partial charge is 0.263 e. The monoisotopic (exact) mass is 407 g/mol. The van der Waals surface area contributed by atoms with E-state index < -0.39 is 0 Å². The van der Waals surface area contributed by atoms with Gasteiger partial charge in [-0.1, -0.05) is 29.3 Å². The van der Waals surface area contributed by atoms with Crippen LogP contribution in [-0.4, -0.2) is 33.4 Å². The lowest BCUT2D eigenvalue weighted by molar-refractivity contribution is -0.130. The van der Waals surface area contributed by atoms with Crippen LogP contribution >= 0.6 is 34.5 Å². The van der Waals surface area contributed by atoms with Crippen molar-refractivity contribution in [3.8, 4) is 11.1 Å². The van der Waals surface area contributed by atoms with Crippen LogP contribution in [0.15, 0.2) is 34.7 Å². The lowest BCUT2D eigenvalue weighted by Crippen LogP contribution is -2.34. The normalized spacial score (nSPS) is 14.3. The summed E-state index contributed by atoms with van der Waals surface area (Å²) in [6.07, 6.45) is 3.49. The van der Waals surface area contributed by atoms with Gasteiger partial charge in [0, 0.05) is 24.0 Å². The second-order valence-electron chi connectivity index (χ2n) is 6.22. The number of aromatic nitrogens is 2. The third-order valence-electron chi connectivity index (χ3n) is 4.56. The van der Waals surface area contributed by atoms with Gasteiger partial charge >= 0.3 is 0 Å². The number of rotatable bonds is 3. The van der Waals surface area contributed by atoms with Gasteiger partial charge in [0.25, 0.3) is 5.56 Å². The van der Waals surface area contributed by atoms with E-state index in [9.17, 15) is 9.59 Å². The van der Waals surface area contributed by atoms with Crippen molar-refractivity contribution in [3.63, 3.8) is 0 Å². The highest BCUT2D eigenvalue weighted by atomic mass is 35.5. The first-order valence-electron chi connectivity index (χ1n) is 8.24. The SMILES string of the molecule is O=C(Cn1cnc2scc(-c3ccc(Cl)c(Cl)c3)c2c1=O)N1CCCC1. The Morgan fingerprint density at radius 2 is 1.96 bits per heavy atom. The quantitative estimate of drug-likeness (QED) is 0.657. The molecule has 3 aromatic rings. The highest BCUT2D eigenvalue weighted by molar-refractivity contribution is 7.17. The fourth-order valence-electron chi connectivity index (χ4n) is 3.17. The summed E-state index contributed by atoms with van der Waals surface area (Å²) in [4.78, 5) is 32.2. The molecule has 0 unspecified atom stereocenters. The summed E-state index contributed by atoms with van der Waals surface area (Å²) in [5.74, 6) is -0.0444. The standard InChI is InChI=1S/C18H15Cl2N3O2S/c19-13-4-3-11(7-14(13)20)12-9-26-17-16(12)18(25)23(10-21-17)8-15(24)22-5-1-2-6-22/h3-4,7,9-10H,1-2,5-6,8H2. The number of fused-ring (bicyclic) bond motifs is 1. The molecule has 1 aromatic carbocycles. The maximum Gasteiger partial charge on any atom is 0.263 e. The van der Waals surface area contributed by atoms with Crippen LogP contribution in [0.25, 0.3) is 21.3 Å². The van der Waals surface area contributed by atoms with Gasteiger partial charge in [0.05, 0.1) is 21.8 Å². The second-order valence-corrected chi connectivity index (χ2v) is 7.90. The summed E-state index contributed by atoms with van der Waals surface area (Å²) in [5.41, 5.74) is 1.34. The minimum atomic E-state index is -0.218. The summed E-state index contributed by atoms with van der Waals surface area (Å²) < 4.78 is 1.39. The van der Waals surface area contributed by atoms with Crippen LogP contribution in [0.5, 0.6) is 0 Å². The van der Waals surface area contributed by atoms with Crippen LogP contribution in [0.2, 0.25) is 10.0 Å². The summed E-state index contributed by atoms with van der Waals surface area (Å²) >= 11 is 13.5. The molecule has 3 heterocycles. The number of carbonyl (C=O) groups excluding carboxylic acids is 1. The number of amides is 1. The van der Waals surface area contributed by atoms with Crippen molar-refractivity contribution in [3.05, 3.63) is 50.3 Å². The molecule has 134 valence electrons. The van der Waals surface area contributed by atoms with E-state index in [0.29, 0.717) is 20.3 Å². The third-order valence-corrected chi connectivity index (χ3v) is 6.18. The zero-order valence-corrected chi connectivity index (χ0v) is 16.1. The van der Waals surface area contributed by atoms with Gasteiger partial charge in [-0.05, 0) is 30.5 Å². The number of carbonyl (C=O) groups is 1. The molecule has 0 aliphatic carbocycles. The molecule has 8 heteroatoms. The first kappa shape index (κ1) is 17.5. The first-order valence-corrected chi connectivity index (χ1v) is 9.88.